The summed E-state index contributed by atoms with van der Waals surface area (Å²) in [5.41, 5.74) is 36.4. The summed E-state index contributed by atoms with van der Waals surface area (Å²) < 4.78 is 0. The fraction of sp³-hybridized carbons (Fsp3) is 0.0159. The normalized spacial score (nSPS) is 13.4. The first-order valence-corrected chi connectivity index (χ1v) is 44.4. The summed E-state index contributed by atoms with van der Waals surface area (Å²) >= 11 is 0. The summed E-state index contributed by atoms with van der Waals surface area (Å²) in [5, 5.41) is 9.52. The van der Waals surface area contributed by atoms with Crippen molar-refractivity contribution >= 4 is 77.2 Å². The molecule has 2 heteroatoms. The predicted octanol–water partition coefficient (Wildman–Crippen LogP) is 33.6. The zero-order valence-corrected chi connectivity index (χ0v) is 70.4. The molecule has 0 aliphatic heterocycles. The van der Waals surface area contributed by atoms with Gasteiger partial charge in [-0.1, -0.05) is 449 Å². The number of rotatable bonds is 17. The van der Waals surface area contributed by atoms with E-state index in [9.17, 15) is 0 Å². The molecule has 0 N–H and O–H groups in total. The van der Waals surface area contributed by atoms with Gasteiger partial charge < -0.3 is 9.80 Å². The van der Waals surface area contributed by atoms with E-state index in [1.54, 1.807) is 0 Å². The summed E-state index contributed by atoms with van der Waals surface area (Å²) in [5.74, 6) is 0. The van der Waals surface area contributed by atoms with Crippen LogP contribution in [0.25, 0.3) is 143 Å². The van der Waals surface area contributed by atoms with Gasteiger partial charge in [0.2, 0.25) is 0 Å². The number of nitrogens with zero attached hydrogens (tertiary/aromatic N) is 2. The number of benzene rings is 22. The van der Waals surface area contributed by atoms with Crippen LogP contribution in [0.2, 0.25) is 0 Å². The second-order valence-electron chi connectivity index (χ2n) is 34.0. The maximum Gasteiger partial charge on any atom is 0.0713 e. The van der Waals surface area contributed by atoms with Crippen LogP contribution in [0.1, 0.15) is 44.5 Å². The highest BCUT2D eigenvalue weighted by molar-refractivity contribution is 6.24. The van der Waals surface area contributed by atoms with Gasteiger partial charge in [-0.2, -0.15) is 0 Å². The molecule has 0 fully saturated rings. The fourth-order valence-corrected chi connectivity index (χ4v) is 21.5. The minimum absolute atomic E-state index is 0.560. The van der Waals surface area contributed by atoms with Crippen molar-refractivity contribution in [2.24, 2.45) is 0 Å². The van der Waals surface area contributed by atoms with Crippen LogP contribution in [0.5, 0.6) is 0 Å². The molecular formula is C126H84N2. The summed E-state index contributed by atoms with van der Waals surface area (Å²) in [6, 6.07) is 190. The van der Waals surface area contributed by atoms with E-state index >= 15 is 0 Å². The first-order valence-electron chi connectivity index (χ1n) is 44.4. The molecule has 24 rings (SSSR count). The van der Waals surface area contributed by atoms with Crippen LogP contribution in [-0.2, 0) is 10.8 Å². The van der Waals surface area contributed by atoms with Crippen LogP contribution in [0.15, 0.2) is 510 Å². The highest BCUT2D eigenvalue weighted by Crippen LogP contribution is 2.61. The van der Waals surface area contributed by atoms with Crippen LogP contribution in [0, 0.1) is 0 Å². The first-order chi connectivity index (χ1) is 63.5. The highest BCUT2D eigenvalue weighted by atomic mass is 15.2. The number of fused-ring (bicyclic) bond motifs is 12. The second-order valence-corrected chi connectivity index (χ2v) is 34.0. The Morgan fingerprint density at radius 2 is 0.391 bits per heavy atom. The lowest BCUT2D eigenvalue weighted by atomic mass is 9.67. The van der Waals surface area contributed by atoms with Crippen molar-refractivity contribution in [3.63, 3.8) is 0 Å². The van der Waals surface area contributed by atoms with Crippen LogP contribution in [0.4, 0.5) is 34.1 Å². The molecule has 22 aromatic rings. The third kappa shape index (κ3) is 12.3. The van der Waals surface area contributed by atoms with Crippen LogP contribution >= 0.6 is 0 Å². The molecule has 598 valence electrons. The SMILES string of the molecule is c1ccc(-c2ccc(-c3c(N(c4ccc(-c5ccccc5)cc4)c4ccc(C5(c6ccccc6)c6ccccc6-c6cc(-c7ccc(-c8cccc(-c9c(N(c%10ccc(C%11(c%12ccccc%12)c%12ccccc%12-c%12ccccc%12%11)cc%10)c%10cccc(-c%11ccccc%11)c%10)c%10ccccc%10c%10ccccc9%10)c8)cc7)ccc65)cc4)c4ccccc4c4ccccc34)cc2)cc1. The minimum Gasteiger partial charge on any atom is -0.309 e. The van der Waals surface area contributed by atoms with Gasteiger partial charge in [-0.05, 0) is 227 Å². The van der Waals surface area contributed by atoms with Gasteiger partial charge in [0, 0.05) is 44.6 Å². The first kappa shape index (κ1) is 75.2. The molecule has 2 nitrogen and oxygen atoms in total. The van der Waals surface area contributed by atoms with Gasteiger partial charge >= 0.3 is 0 Å². The van der Waals surface area contributed by atoms with Crippen molar-refractivity contribution in [3.8, 4) is 100 Å². The van der Waals surface area contributed by atoms with Crippen molar-refractivity contribution in [1.29, 1.82) is 0 Å². The van der Waals surface area contributed by atoms with Gasteiger partial charge in [-0.15, -0.1) is 0 Å². The Morgan fingerprint density at radius 3 is 0.836 bits per heavy atom. The maximum atomic E-state index is 2.54. The molecule has 0 bridgehead atoms. The molecule has 1 atom stereocenters. The zero-order chi connectivity index (χ0) is 84.6. The average molecular weight is 1630 g/mol. The third-order valence-corrected chi connectivity index (χ3v) is 27.2. The molecule has 1 unspecified atom stereocenters. The van der Waals surface area contributed by atoms with Crippen molar-refractivity contribution in [1.82, 2.24) is 0 Å². The van der Waals surface area contributed by atoms with E-state index in [4.69, 9.17) is 0 Å². The molecule has 0 heterocycles. The third-order valence-electron chi connectivity index (χ3n) is 27.2. The van der Waals surface area contributed by atoms with Crippen molar-refractivity contribution in [2.45, 2.75) is 10.8 Å². The number of anilines is 6. The minimum atomic E-state index is -0.672. The molecule has 128 heavy (non-hydrogen) atoms. The van der Waals surface area contributed by atoms with Crippen molar-refractivity contribution in [3.05, 3.63) is 554 Å². The molecule has 0 spiro atoms. The van der Waals surface area contributed by atoms with E-state index in [-0.39, 0.29) is 0 Å². The molecule has 2 aliphatic carbocycles. The Hall–Kier alpha value is -16.5. The van der Waals surface area contributed by atoms with Gasteiger partial charge in [-0.25, -0.2) is 0 Å². The number of hydrogen-bond donors (Lipinski definition) is 0. The van der Waals surface area contributed by atoms with E-state index in [2.05, 4.69) is 519 Å². The van der Waals surface area contributed by atoms with Crippen LogP contribution < -0.4 is 9.80 Å². The molecule has 0 aromatic heterocycles. The van der Waals surface area contributed by atoms with E-state index in [0.717, 1.165) is 95.1 Å². The van der Waals surface area contributed by atoms with E-state index in [0.29, 0.717) is 0 Å². The number of hydrogen-bond acceptors (Lipinski definition) is 2. The zero-order valence-electron chi connectivity index (χ0n) is 70.4. The quantitative estimate of drug-likeness (QED) is 0.0839. The Balaban J connectivity index is 0.622. The molecule has 0 saturated heterocycles. The Kier molecular flexibility index (Phi) is 18.4. The Bertz CT molecular complexity index is 7940. The predicted molar refractivity (Wildman–Crippen MR) is 538 cm³/mol. The summed E-state index contributed by atoms with van der Waals surface area (Å²) in [6.45, 7) is 0. The molecule has 22 aromatic carbocycles. The average Bonchev–Trinajstić information content (AvgIpc) is 1.52. The van der Waals surface area contributed by atoms with Gasteiger partial charge in [0.15, 0.2) is 0 Å². The summed E-state index contributed by atoms with van der Waals surface area (Å²) in [7, 11) is 0. The largest absolute Gasteiger partial charge is 0.309 e. The maximum absolute atomic E-state index is 2.54. The Labute approximate surface area is 746 Å². The van der Waals surface area contributed by atoms with Crippen LogP contribution in [-0.4, -0.2) is 0 Å². The van der Waals surface area contributed by atoms with Gasteiger partial charge in [0.05, 0.1) is 22.2 Å². The van der Waals surface area contributed by atoms with Gasteiger partial charge in [0.25, 0.3) is 0 Å². The van der Waals surface area contributed by atoms with E-state index < -0.39 is 10.8 Å². The van der Waals surface area contributed by atoms with Gasteiger partial charge in [-0.3, -0.25) is 0 Å². The van der Waals surface area contributed by atoms with Crippen LogP contribution in [0.3, 0.4) is 0 Å². The van der Waals surface area contributed by atoms with Crippen molar-refractivity contribution < 1.29 is 0 Å². The smallest absolute Gasteiger partial charge is 0.0713 e. The molecule has 0 saturated carbocycles. The van der Waals surface area contributed by atoms with E-state index in [1.807, 2.05) is 0 Å². The molecule has 0 amide bonds. The van der Waals surface area contributed by atoms with Crippen molar-refractivity contribution in [2.75, 3.05) is 9.80 Å². The molecule has 0 radical (unpaired) electrons. The van der Waals surface area contributed by atoms with E-state index in [1.165, 1.54) is 127 Å². The fourth-order valence-electron chi connectivity index (χ4n) is 21.5. The summed E-state index contributed by atoms with van der Waals surface area (Å²) in [4.78, 5) is 5.06. The summed E-state index contributed by atoms with van der Waals surface area (Å²) in [6.07, 6.45) is 0. The lowest BCUT2D eigenvalue weighted by molar-refractivity contribution is 0.768. The standard InChI is InChI=1S/C126H84N2/c1-6-32-85(33-7-1)88-64-66-92(67-65-88)121-112-53-20-16-46-105(112)107-48-18-22-55-114(107)123(121)127(101-75-68-89(69-76-101)86-34-8-2-9-35-86)102-77-71-100(72-78-102)126(98-43-14-5-15-44-98)119-59-29-26-52-111(119)116-84-95(70-81-120(116)126)91-62-60-90(61-63-91)93-38-30-40-96(82-93)122-113-54-21-17-47-106(113)108-49-19-23-56-115(108)124(122)128(104-45-31-39-94(83-104)87-36-10-3-11-37-87)103-79-73-99(74-80-103)125(97-41-12-4-13-42-97)117-57-27-24-50-109(117)110-51-25-28-58-118(110)125/h1-84H. The van der Waals surface area contributed by atoms with Gasteiger partial charge in [0.1, 0.15) is 0 Å². The monoisotopic (exact) mass is 1620 g/mol. The topological polar surface area (TPSA) is 6.48 Å². The Morgan fingerprint density at radius 1 is 0.133 bits per heavy atom. The highest BCUT2D eigenvalue weighted by Gasteiger charge is 2.48. The molecular weight excluding hydrogens is 1540 g/mol. The lowest BCUT2D eigenvalue weighted by Gasteiger charge is -2.35. The second kappa shape index (κ2) is 31.4. The molecule has 2 aliphatic rings. The lowest BCUT2D eigenvalue weighted by Crippen LogP contribution is -2.28.